The van der Waals surface area contributed by atoms with Gasteiger partial charge in [-0.15, -0.1) is 0 Å². The van der Waals surface area contributed by atoms with Gasteiger partial charge in [0.05, 0.1) is 6.61 Å². The molecule has 1 aromatic heterocycles. The molecule has 1 amide bonds. The van der Waals surface area contributed by atoms with E-state index in [1.54, 1.807) is 19.2 Å². The van der Waals surface area contributed by atoms with E-state index in [2.05, 4.69) is 10.3 Å². The number of pyridine rings is 1. The Balaban J connectivity index is 2.47. The van der Waals surface area contributed by atoms with Crippen molar-refractivity contribution in [1.29, 1.82) is 0 Å². The van der Waals surface area contributed by atoms with E-state index >= 15 is 0 Å². The van der Waals surface area contributed by atoms with E-state index in [4.69, 9.17) is 4.74 Å². The summed E-state index contributed by atoms with van der Waals surface area (Å²) in [5.74, 6) is -0.0871. The van der Waals surface area contributed by atoms with E-state index in [1.165, 1.54) is 0 Å². The minimum Gasteiger partial charge on any atom is -0.381 e. The van der Waals surface area contributed by atoms with Crippen LogP contribution in [0.5, 0.6) is 0 Å². The lowest BCUT2D eigenvalue weighted by atomic mass is 10.3. The molecule has 0 aliphatic rings. The van der Waals surface area contributed by atoms with Crippen molar-refractivity contribution in [1.82, 2.24) is 4.98 Å². The molecule has 88 valence electrons. The molecule has 0 saturated heterocycles. The number of anilines is 1. The summed E-state index contributed by atoms with van der Waals surface area (Å²) >= 11 is 0. The number of aromatic nitrogens is 1. The molecular formula is C11H16N2O3. The molecule has 1 heterocycles. The van der Waals surface area contributed by atoms with Gasteiger partial charge in [-0.1, -0.05) is 6.07 Å². The van der Waals surface area contributed by atoms with E-state index in [0.717, 1.165) is 5.56 Å². The molecule has 0 bridgehead atoms. The Morgan fingerprint density at radius 1 is 1.62 bits per heavy atom. The average Bonchev–Trinajstić information content (AvgIpc) is 2.29. The number of nitrogens with zero attached hydrogens (tertiary/aromatic N) is 1. The van der Waals surface area contributed by atoms with Crippen LogP contribution in [0.4, 0.5) is 5.82 Å². The first-order valence-electron chi connectivity index (χ1n) is 5.12. The van der Waals surface area contributed by atoms with Gasteiger partial charge >= 0.3 is 0 Å². The normalized spacial score (nSPS) is 12.2. The highest BCUT2D eigenvalue weighted by Gasteiger charge is 2.15. The number of hydrogen-bond donors (Lipinski definition) is 2. The van der Waals surface area contributed by atoms with Crippen LogP contribution in [-0.2, 0) is 9.53 Å². The van der Waals surface area contributed by atoms with Gasteiger partial charge in [0, 0.05) is 12.8 Å². The Hall–Kier alpha value is -1.46. The summed E-state index contributed by atoms with van der Waals surface area (Å²) in [5, 5.41) is 11.9. The summed E-state index contributed by atoms with van der Waals surface area (Å²) in [5.41, 5.74) is 1.01. The molecule has 0 aromatic carbocycles. The van der Waals surface area contributed by atoms with Gasteiger partial charge in [-0.2, -0.15) is 0 Å². The molecule has 2 N–H and O–H groups in total. The highest BCUT2D eigenvalue weighted by Crippen LogP contribution is 2.04. The van der Waals surface area contributed by atoms with Crippen molar-refractivity contribution in [3.63, 3.8) is 0 Å². The Bertz CT molecular complexity index is 338. The number of ether oxygens (including phenoxy) is 1. The minimum atomic E-state index is -1.16. The van der Waals surface area contributed by atoms with Crippen molar-refractivity contribution in [2.45, 2.75) is 20.0 Å². The number of aliphatic hydroxyl groups excluding tert-OH is 1. The van der Waals surface area contributed by atoms with E-state index in [-0.39, 0.29) is 6.61 Å². The quantitative estimate of drug-likeness (QED) is 0.773. The maximum absolute atomic E-state index is 11.4. The fraction of sp³-hybridized carbons (Fsp3) is 0.455. The van der Waals surface area contributed by atoms with Gasteiger partial charge < -0.3 is 15.2 Å². The van der Waals surface area contributed by atoms with Gasteiger partial charge in [-0.05, 0) is 25.5 Å². The smallest absolute Gasteiger partial charge is 0.256 e. The lowest BCUT2D eigenvalue weighted by Gasteiger charge is -2.10. The van der Waals surface area contributed by atoms with Crippen LogP contribution in [0, 0.1) is 6.92 Å². The van der Waals surface area contributed by atoms with Crippen molar-refractivity contribution >= 4 is 11.7 Å². The molecule has 1 atom stereocenters. The molecule has 1 aromatic rings. The number of hydrogen-bond acceptors (Lipinski definition) is 4. The number of rotatable bonds is 5. The van der Waals surface area contributed by atoms with Gasteiger partial charge in [0.2, 0.25) is 0 Å². The van der Waals surface area contributed by atoms with Gasteiger partial charge in [-0.3, -0.25) is 4.79 Å². The number of aryl methyl sites for hydroxylation is 1. The number of carbonyl (C=O) groups is 1. The van der Waals surface area contributed by atoms with Crippen LogP contribution in [-0.4, -0.2) is 35.3 Å². The van der Waals surface area contributed by atoms with Crippen molar-refractivity contribution in [3.8, 4) is 0 Å². The SMILES string of the molecule is CCOC[C@H](O)C(=O)Nc1ccc(C)cn1. The average molecular weight is 224 g/mol. The third kappa shape index (κ3) is 3.96. The molecule has 5 nitrogen and oxygen atoms in total. The topological polar surface area (TPSA) is 71.5 Å². The summed E-state index contributed by atoms with van der Waals surface area (Å²) in [4.78, 5) is 15.4. The van der Waals surface area contributed by atoms with Crippen molar-refractivity contribution < 1.29 is 14.6 Å². The van der Waals surface area contributed by atoms with Gasteiger partial charge in [-0.25, -0.2) is 4.98 Å². The van der Waals surface area contributed by atoms with Crippen LogP contribution >= 0.6 is 0 Å². The molecule has 0 unspecified atom stereocenters. The van der Waals surface area contributed by atoms with Crippen molar-refractivity contribution in [2.75, 3.05) is 18.5 Å². The molecule has 16 heavy (non-hydrogen) atoms. The molecule has 0 spiro atoms. The number of carbonyl (C=O) groups excluding carboxylic acids is 1. The summed E-state index contributed by atoms with van der Waals surface area (Å²) in [7, 11) is 0. The maximum atomic E-state index is 11.4. The lowest BCUT2D eigenvalue weighted by molar-refractivity contribution is -0.126. The number of aliphatic hydroxyl groups is 1. The zero-order valence-corrected chi connectivity index (χ0v) is 9.43. The van der Waals surface area contributed by atoms with E-state index in [0.29, 0.717) is 12.4 Å². The molecule has 1 rings (SSSR count). The molecule has 0 saturated carbocycles. The van der Waals surface area contributed by atoms with E-state index < -0.39 is 12.0 Å². The molecule has 0 radical (unpaired) electrons. The number of amides is 1. The van der Waals surface area contributed by atoms with Crippen LogP contribution in [0.25, 0.3) is 0 Å². The van der Waals surface area contributed by atoms with Crippen molar-refractivity contribution in [2.24, 2.45) is 0 Å². The second-order valence-electron chi connectivity index (χ2n) is 3.39. The van der Waals surface area contributed by atoms with Crippen LogP contribution in [0.3, 0.4) is 0 Å². The zero-order valence-electron chi connectivity index (χ0n) is 9.43. The molecule has 0 fully saturated rings. The fourth-order valence-corrected chi connectivity index (χ4v) is 1.06. The molecular weight excluding hydrogens is 208 g/mol. The van der Waals surface area contributed by atoms with Crippen LogP contribution in [0.15, 0.2) is 18.3 Å². The molecule has 5 heteroatoms. The highest BCUT2D eigenvalue weighted by molar-refractivity contribution is 5.93. The number of nitrogens with one attached hydrogen (secondary N) is 1. The Morgan fingerprint density at radius 2 is 2.38 bits per heavy atom. The Labute approximate surface area is 94.5 Å². The standard InChI is InChI=1S/C11H16N2O3/c1-3-16-7-9(14)11(15)13-10-5-4-8(2)6-12-10/h4-6,9,14H,3,7H2,1-2H3,(H,12,13,15)/t9-/m0/s1. The van der Waals surface area contributed by atoms with Crippen LogP contribution < -0.4 is 5.32 Å². The first kappa shape index (κ1) is 12.6. The van der Waals surface area contributed by atoms with Crippen LogP contribution in [0.2, 0.25) is 0 Å². The van der Waals surface area contributed by atoms with E-state index in [1.807, 2.05) is 13.0 Å². The van der Waals surface area contributed by atoms with Gasteiger partial charge in [0.25, 0.3) is 5.91 Å². The lowest BCUT2D eigenvalue weighted by Crippen LogP contribution is -2.32. The second kappa shape index (κ2) is 6.19. The third-order valence-corrected chi connectivity index (χ3v) is 1.95. The zero-order chi connectivity index (χ0) is 12.0. The second-order valence-corrected chi connectivity index (χ2v) is 3.39. The molecule has 0 aliphatic carbocycles. The molecule has 0 aliphatic heterocycles. The predicted octanol–water partition coefficient (Wildman–Crippen LogP) is 0.726. The van der Waals surface area contributed by atoms with Gasteiger partial charge in [0.1, 0.15) is 5.82 Å². The summed E-state index contributed by atoms with van der Waals surface area (Å²) in [6.45, 7) is 4.16. The minimum absolute atomic E-state index is 0.00576. The summed E-state index contributed by atoms with van der Waals surface area (Å²) in [6.07, 6.45) is 0.480. The summed E-state index contributed by atoms with van der Waals surface area (Å²) < 4.78 is 4.94. The monoisotopic (exact) mass is 224 g/mol. The third-order valence-electron chi connectivity index (χ3n) is 1.95. The van der Waals surface area contributed by atoms with Crippen LogP contribution in [0.1, 0.15) is 12.5 Å². The predicted molar refractivity (Wildman–Crippen MR) is 60.1 cm³/mol. The fourth-order valence-electron chi connectivity index (χ4n) is 1.06. The van der Waals surface area contributed by atoms with E-state index in [9.17, 15) is 9.90 Å². The first-order valence-corrected chi connectivity index (χ1v) is 5.12. The Morgan fingerprint density at radius 3 is 2.94 bits per heavy atom. The maximum Gasteiger partial charge on any atom is 0.256 e. The Kier molecular flexibility index (Phi) is 4.88. The van der Waals surface area contributed by atoms with Crippen molar-refractivity contribution in [3.05, 3.63) is 23.9 Å². The summed E-state index contributed by atoms with van der Waals surface area (Å²) in [6, 6.07) is 3.51. The van der Waals surface area contributed by atoms with Gasteiger partial charge in [0.15, 0.2) is 6.10 Å². The highest BCUT2D eigenvalue weighted by atomic mass is 16.5. The first-order chi connectivity index (χ1) is 7.63. The largest absolute Gasteiger partial charge is 0.381 e.